The summed E-state index contributed by atoms with van der Waals surface area (Å²) in [6.45, 7) is 4.62. The molecule has 20 heavy (non-hydrogen) atoms. The molecule has 3 unspecified atom stereocenters. The van der Waals surface area contributed by atoms with Crippen LogP contribution in [0.5, 0.6) is 0 Å². The first-order valence-corrected chi connectivity index (χ1v) is 9.27. The molecule has 0 heterocycles. The summed E-state index contributed by atoms with van der Waals surface area (Å²) in [4.78, 5) is 0. The van der Waals surface area contributed by atoms with Gasteiger partial charge in [-0.05, 0) is 31.1 Å². The van der Waals surface area contributed by atoms with Crippen molar-refractivity contribution in [1.82, 2.24) is 5.43 Å². The Bertz CT molecular complexity index is 217. The molecule has 0 amide bonds. The van der Waals surface area contributed by atoms with Gasteiger partial charge in [-0.1, -0.05) is 78.1 Å². The predicted octanol–water partition coefficient (Wildman–Crippen LogP) is 5.18. The molecule has 1 aliphatic rings. The molecule has 1 aliphatic carbocycles. The third-order valence-corrected chi connectivity index (χ3v) is 5.30. The standard InChI is InChI=1S/C18H38N2/c1-3-5-6-7-8-9-10-14-18(20-19)17-13-11-12-16(4-2)15-17/h16-18,20H,3-15,19H2,1-2H3. The minimum absolute atomic E-state index is 0.569. The van der Waals surface area contributed by atoms with Gasteiger partial charge in [0.2, 0.25) is 0 Å². The lowest BCUT2D eigenvalue weighted by atomic mass is 9.76. The van der Waals surface area contributed by atoms with E-state index in [2.05, 4.69) is 19.3 Å². The molecular weight excluding hydrogens is 244 g/mol. The zero-order valence-electron chi connectivity index (χ0n) is 14.0. The van der Waals surface area contributed by atoms with E-state index >= 15 is 0 Å². The van der Waals surface area contributed by atoms with Crippen molar-refractivity contribution in [2.45, 2.75) is 103 Å². The van der Waals surface area contributed by atoms with E-state index < -0.39 is 0 Å². The lowest BCUT2D eigenvalue weighted by molar-refractivity contribution is 0.200. The monoisotopic (exact) mass is 282 g/mol. The molecule has 0 saturated heterocycles. The normalized spacial score (nSPS) is 24.8. The second-order valence-electron chi connectivity index (χ2n) is 6.88. The topological polar surface area (TPSA) is 38.0 Å². The average Bonchev–Trinajstić information content (AvgIpc) is 2.50. The molecule has 0 radical (unpaired) electrons. The lowest BCUT2D eigenvalue weighted by Gasteiger charge is -2.34. The lowest BCUT2D eigenvalue weighted by Crippen LogP contribution is -2.42. The molecule has 2 nitrogen and oxygen atoms in total. The van der Waals surface area contributed by atoms with Gasteiger partial charge < -0.3 is 0 Å². The van der Waals surface area contributed by atoms with E-state index in [0.29, 0.717) is 6.04 Å². The zero-order chi connectivity index (χ0) is 14.6. The van der Waals surface area contributed by atoms with Crippen molar-refractivity contribution in [2.75, 3.05) is 0 Å². The minimum Gasteiger partial charge on any atom is -0.271 e. The van der Waals surface area contributed by atoms with Crippen molar-refractivity contribution in [3.05, 3.63) is 0 Å². The van der Waals surface area contributed by atoms with E-state index in [1.165, 1.54) is 83.5 Å². The Kier molecular flexibility index (Phi) is 10.4. The first-order valence-electron chi connectivity index (χ1n) is 9.27. The Labute approximate surface area is 127 Å². The van der Waals surface area contributed by atoms with Gasteiger partial charge in [0, 0.05) is 6.04 Å². The second kappa shape index (κ2) is 11.6. The summed E-state index contributed by atoms with van der Waals surface area (Å²) >= 11 is 0. The molecule has 3 N–H and O–H groups in total. The highest BCUT2D eigenvalue weighted by molar-refractivity contribution is 4.81. The van der Waals surface area contributed by atoms with Crippen LogP contribution in [0.1, 0.15) is 97.3 Å². The molecule has 3 atom stereocenters. The van der Waals surface area contributed by atoms with Gasteiger partial charge in [0.25, 0.3) is 0 Å². The van der Waals surface area contributed by atoms with Crippen molar-refractivity contribution >= 4 is 0 Å². The number of rotatable bonds is 11. The highest BCUT2D eigenvalue weighted by Gasteiger charge is 2.26. The maximum atomic E-state index is 5.82. The van der Waals surface area contributed by atoms with Crippen LogP contribution in [0.2, 0.25) is 0 Å². The van der Waals surface area contributed by atoms with Gasteiger partial charge in [-0.25, -0.2) is 0 Å². The Hall–Kier alpha value is -0.0800. The van der Waals surface area contributed by atoms with Crippen LogP contribution in [0.25, 0.3) is 0 Å². The first-order chi connectivity index (χ1) is 9.81. The van der Waals surface area contributed by atoms with Gasteiger partial charge >= 0.3 is 0 Å². The summed E-state index contributed by atoms with van der Waals surface area (Å²) < 4.78 is 0. The van der Waals surface area contributed by atoms with Gasteiger partial charge in [-0.2, -0.15) is 0 Å². The van der Waals surface area contributed by atoms with Crippen LogP contribution < -0.4 is 11.3 Å². The van der Waals surface area contributed by atoms with Crippen LogP contribution in [0.4, 0.5) is 0 Å². The van der Waals surface area contributed by atoms with Crippen molar-refractivity contribution in [3.63, 3.8) is 0 Å². The fourth-order valence-electron chi connectivity index (χ4n) is 3.85. The minimum atomic E-state index is 0.569. The highest BCUT2D eigenvalue weighted by Crippen LogP contribution is 2.34. The van der Waals surface area contributed by atoms with Crippen molar-refractivity contribution in [1.29, 1.82) is 0 Å². The second-order valence-corrected chi connectivity index (χ2v) is 6.88. The molecular formula is C18H38N2. The molecule has 0 spiro atoms. The maximum Gasteiger partial charge on any atom is 0.0238 e. The van der Waals surface area contributed by atoms with Crippen LogP contribution in [-0.4, -0.2) is 6.04 Å². The van der Waals surface area contributed by atoms with Gasteiger partial charge in [0.15, 0.2) is 0 Å². The third kappa shape index (κ3) is 7.08. The number of unbranched alkanes of at least 4 members (excludes halogenated alkanes) is 6. The molecule has 0 bridgehead atoms. The fraction of sp³-hybridized carbons (Fsp3) is 1.00. The summed E-state index contributed by atoms with van der Waals surface area (Å²) in [6, 6.07) is 0.569. The first kappa shape index (κ1) is 18.0. The molecule has 0 aromatic rings. The number of hydrogen-bond acceptors (Lipinski definition) is 2. The van der Waals surface area contributed by atoms with Crippen LogP contribution >= 0.6 is 0 Å². The average molecular weight is 283 g/mol. The SMILES string of the molecule is CCCCCCCCCC(NN)C1CCCC(CC)C1. The van der Waals surface area contributed by atoms with Crippen LogP contribution in [0, 0.1) is 11.8 Å². The van der Waals surface area contributed by atoms with E-state index in [-0.39, 0.29) is 0 Å². The smallest absolute Gasteiger partial charge is 0.0238 e. The molecule has 1 rings (SSSR count). The fourth-order valence-corrected chi connectivity index (χ4v) is 3.85. The number of hydrogen-bond donors (Lipinski definition) is 2. The largest absolute Gasteiger partial charge is 0.271 e. The Morgan fingerprint density at radius 3 is 2.35 bits per heavy atom. The summed E-state index contributed by atoms with van der Waals surface area (Å²) in [7, 11) is 0. The Balaban J connectivity index is 2.12. The van der Waals surface area contributed by atoms with Gasteiger partial charge in [0.1, 0.15) is 0 Å². The van der Waals surface area contributed by atoms with E-state index in [0.717, 1.165) is 11.8 Å². The van der Waals surface area contributed by atoms with Crippen molar-refractivity contribution < 1.29 is 0 Å². The van der Waals surface area contributed by atoms with Crippen molar-refractivity contribution in [3.8, 4) is 0 Å². The third-order valence-electron chi connectivity index (χ3n) is 5.30. The summed E-state index contributed by atoms with van der Waals surface area (Å²) in [6.07, 6.45) is 18.1. The Morgan fingerprint density at radius 2 is 1.70 bits per heavy atom. The van der Waals surface area contributed by atoms with E-state index in [9.17, 15) is 0 Å². The van der Waals surface area contributed by atoms with Gasteiger partial charge in [-0.15, -0.1) is 0 Å². The molecule has 1 fully saturated rings. The maximum absolute atomic E-state index is 5.82. The van der Waals surface area contributed by atoms with E-state index in [1.54, 1.807) is 0 Å². The van der Waals surface area contributed by atoms with Gasteiger partial charge in [0.05, 0.1) is 0 Å². The zero-order valence-corrected chi connectivity index (χ0v) is 14.0. The van der Waals surface area contributed by atoms with E-state index in [1.807, 2.05) is 0 Å². The number of nitrogens with one attached hydrogen (secondary N) is 1. The molecule has 0 aromatic carbocycles. The molecule has 0 aromatic heterocycles. The number of hydrazine groups is 1. The Morgan fingerprint density at radius 1 is 1.00 bits per heavy atom. The van der Waals surface area contributed by atoms with Crippen LogP contribution in [-0.2, 0) is 0 Å². The molecule has 120 valence electrons. The number of nitrogens with two attached hydrogens (primary N) is 1. The summed E-state index contributed by atoms with van der Waals surface area (Å²) in [5.41, 5.74) is 3.13. The van der Waals surface area contributed by atoms with Gasteiger partial charge in [-0.3, -0.25) is 11.3 Å². The molecule has 0 aliphatic heterocycles. The molecule has 2 heteroatoms. The summed E-state index contributed by atoms with van der Waals surface area (Å²) in [5, 5.41) is 0. The van der Waals surface area contributed by atoms with Crippen LogP contribution in [0.15, 0.2) is 0 Å². The quantitative estimate of drug-likeness (QED) is 0.311. The van der Waals surface area contributed by atoms with E-state index in [4.69, 9.17) is 5.84 Å². The van der Waals surface area contributed by atoms with Crippen LogP contribution in [0.3, 0.4) is 0 Å². The highest BCUT2D eigenvalue weighted by atomic mass is 15.2. The predicted molar refractivity (Wildman–Crippen MR) is 89.5 cm³/mol. The van der Waals surface area contributed by atoms with Crippen molar-refractivity contribution in [2.24, 2.45) is 17.7 Å². The summed E-state index contributed by atoms with van der Waals surface area (Å²) in [5.74, 6) is 7.61. The molecule has 1 saturated carbocycles.